The smallest absolute Gasteiger partial charge is 0.231 e. The van der Waals surface area contributed by atoms with Crippen molar-refractivity contribution in [2.75, 3.05) is 19.6 Å². The number of likely N-dealkylation sites (tertiary alicyclic amines) is 1. The Morgan fingerprint density at radius 2 is 2.00 bits per heavy atom. The number of carbonyl (C=O) groups excluding carboxylic acids is 1. The molecule has 1 fully saturated rings. The summed E-state index contributed by atoms with van der Waals surface area (Å²) in [5, 5.41) is 3.75. The van der Waals surface area contributed by atoms with Crippen LogP contribution < -0.4 is 11.1 Å². The molecule has 1 unspecified atom stereocenters. The first-order valence-electron chi connectivity index (χ1n) is 7.50. The van der Waals surface area contributed by atoms with E-state index in [0.717, 1.165) is 32.4 Å². The van der Waals surface area contributed by atoms with E-state index in [9.17, 15) is 4.79 Å². The Balaban J connectivity index is 1.83. The van der Waals surface area contributed by atoms with Crippen molar-refractivity contribution in [2.24, 2.45) is 5.73 Å². The monoisotopic (exact) mass is 275 g/mol. The number of primary amides is 1. The highest BCUT2D eigenvalue weighted by molar-refractivity contribution is 5.75. The average molecular weight is 275 g/mol. The third kappa shape index (κ3) is 4.32. The molecule has 0 bridgehead atoms. The number of carbonyl (C=O) groups is 1. The van der Waals surface area contributed by atoms with Gasteiger partial charge in [-0.1, -0.05) is 37.3 Å². The zero-order valence-corrected chi connectivity index (χ0v) is 12.2. The van der Waals surface area contributed by atoms with Crippen LogP contribution in [0, 0.1) is 0 Å². The molecule has 2 rings (SSSR count). The molecule has 1 aromatic carbocycles. The summed E-state index contributed by atoms with van der Waals surface area (Å²) in [6.07, 6.45) is 3.25. The van der Waals surface area contributed by atoms with Crippen molar-refractivity contribution in [2.45, 2.75) is 38.3 Å². The molecule has 3 N–H and O–H groups in total. The Kier molecular flexibility index (Phi) is 5.56. The van der Waals surface area contributed by atoms with Crippen molar-refractivity contribution in [3.05, 3.63) is 35.9 Å². The lowest BCUT2D eigenvalue weighted by Gasteiger charge is -2.34. The maximum absolute atomic E-state index is 10.9. The molecule has 0 saturated carbocycles. The van der Waals surface area contributed by atoms with Gasteiger partial charge in [-0.3, -0.25) is 9.69 Å². The molecule has 0 spiro atoms. The molecular weight excluding hydrogens is 250 g/mol. The van der Waals surface area contributed by atoms with Gasteiger partial charge >= 0.3 is 0 Å². The van der Waals surface area contributed by atoms with Gasteiger partial charge < -0.3 is 11.1 Å². The molecule has 1 heterocycles. The average Bonchev–Trinajstić information content (AvgIpc) is 2.47. The van der Waals surface area contributed by atoms with E-state index in [4.69, 9.17) is 5.73 Å². The molecule has 110 valence electrons. The lowest BCUT2D eigenvalue weighted by Crippen LogP contribution is -2.46. The molecule has 0 aliphatic carbocycles. The fraction of sp³-hybridized carbons (Fsp3) is 0.562. The van der Waals surface area contributed by atoms with E-state index in [1.165, 1.54) is 5.56 Å². The molecule has 4 heteroatoms. The van der Waals surface area contributed by atoms with Gasteiger partial charge in [-0.2, -0.15) is 0 Å². The minimum atomic E-state index is -0.230. The van der Waals surface area contributed by atoms with Crippen LogP contribution in [0.25, 0.3) is 0 Å². The topological polar surface area (TPSA) is 58.4 Å². The number of benzene rings is 1. The van der Waals surface area contributed by atoms with E-state index in [-0.39, 0.29) is 5.91 Å². The maximum Gasteiger partial charge on any atom is 0.231 e. The number of hydrogen-bond acceptors (Lipinski definition) is 3. The summed E-state index contributed by atoms with van der Waals surface area (Å²) in [6.45, 7) is 4.51. The van der Waals surface area contributed by atoms with Gasteiger partial charge in [0, 0.05) is 25.2 Å². The second-order valence-corrected chi connectivity index (χ2v) is 5.55. The fourth-order valence-electron chi connectivity index (χ4n) is 2.90. The SMILES string of the molecule is CCC(NC1CCN(CC(N)=O)CC1)c1ccccc1. The van der Waals surface area contributed by atoms with Crippen LogP contribution in [0.1, 0.15) is 37.8 Å². The number of piperidine rings is 1. The summed E-state index contributed by atoms with van der Waals surface area (Å²) in [5.41, 5.74) is 6.60. The Morgan fingerprint density at radius 1 is 1.35 bits per heavy atom. The van der Waals surface area contributed by atoms with Crippen LogP contribution >= 0.6 is 0 Å². The van der Waals surface area contributed by atoms with Gasteiger partial charge in [-0.15, -0.1) is 0 Å². The van der Waals surface area contributed by atoms with Gasteiger partial charge in [0.2, 0.25) is 5.91 Å². The molecule has 1 saturated heterocycles. The largest absolute Gasteiger partial charge is 0.369 e. The standard InChI is InChI=1S/C16H25N3O/c1-2-15(13-6-4-3-5-7-13)18-14-8-10-19(11-9-14)12-16(17)20/h3-7,14-15,18H,2,8-12H2,1H3,(H2,17,20). The first-order chi connectivity index (χ1) is 9.69. The van der Waals surface area contributed by atoms with E-state index in [1.54, 1.807) is 0 Å². The van der Waals surface area contributed by atoms with Crippen molar-refractivity contribution in [1.29, 1.82) is 0 Å². The summed E-state index contributed by atoms with van der Waals surface area (Å²) in [5.74, 6) is -0.230. The summed E-state index contributed by atoms with van der Waals surface area (Å²) < 4.78 is 0. The van der Waals surface area contributed by atoms with Crippen molar-refractivity contribution < 1.29 is 4.79 Å². The van der Waals surface area contributed by atoms with E-state index in [1.807, 2.05) is 0 Å². The summed E-state index contributed by atoms with van der Waals surface area (Å²) in [7, 11) is 0. The van der Waals surface area contributed by atoms with Crippen LogP contribution in [0.3, 0.4) is 0 Å². The number of nitrogens with one attached hydrogen (secondary N) is 1. The maximum atomic E-state index is 10.9. The van der Waals surface area contributed by atoms with Crippen LogP contribution in [0.5, 0.6) is 0 Å². The third-order valence-electron chi connectivity index (χ3n) is 4.01. The quantitative estimate of drug-likeness (QED) is 0.830. The molecule has 0 radical (unpaired) electrons. The van der Waals surface area contributed by atoms with Gasteiger partial charge in [-0.25, -0.2) is 0 Å². The minimum Gasteiger partial charge on any atom is -0.369 e. The van der Waals surface area contributed by atoms with Crippen molar-refractivity contribution in [3.63, 3.8) is 0 Å². The molecule has 20 heavy (non-hydrogen) atoms. The zero-order chi connectivity index (χ0) is 14.4. The number of amides is 1. The first-order valence-corrected chi connectivity index (χ1v) is 7.50. The molecule has 1 amide bonds. The van der Waals surface area contributed by atoms with Gasteiger partial charge in [0.05, 0.1) is 6.54 Å². The summed E-state index contributed by atoms with van der Waals surface area (Å²) >= 11 is 0. The van der Waals surface area contributed by atoms with E-state index in [0.29, 0.717) is 18.6 Å². The van der Waals surface area contributed by atoms with Crippen LogP contribution in [-0.2, 0) is 4.79 Å². The van der Waals surface area contributed by atoms with Crippen LogP contribution in [0.15, 0.2) is 30.3 Å². The highest BCUT2D eigenvalue weighted by Crippen LogP contribution is 2.20. The van der Waals surface area contributed by atoms with Crippen molar-refractivity contribution in [1.82, 2.24) is 10.2 Å². The van der Waals surface area contributed by atoms with E-state index >= 15 is 0 Å². The van der Waals surface area contributed by atoms with Crippen molar-refractivity contribution >= 4 is 5.91 Å². The molecule has 1 aliphatic heterocycles. The van der Waals surface area contributed by atoms with Crippen LogP contribution in [0.4, 0.5) is 0 Å². The fourth-order valence-corrected chi connectivity index (χ4v) is 2.90. The highest BCUT2D eigenvalue weighted by atomic mass is 16.1. The molecular formula is C16H25N3O. The Bertz CT molecular complexity index is 413. The van der Waals surface area contributed by atoms with Gasteiger partial charge in [0.1, 0.15) is 0 Å². The molecule has 4 nitrogen and oxygen atoms in total. The van der Waals surface area contributed by atoms with Crippen LogP contribution in [-0.4, -0.2) is 36.5 Å². The summed E-state index contributed by atoms with van der Waals surface area (Å²) in [4.78, 5) is 13.1. The van der Waals surface area contributed by atoms with Gasteiger partial charge in [0.15, 0.2) is 0 Å². The van der Waals surface area contributed by atoms with E-state index in [2.05, 4.69) is 47.5 Å². The molecule has 1 atom stereocenters. The lowest BCUT2D eigenvalue weighted by atomic mass is 9.99. The number of nitrogens with zero attached hydrogens (tertiary/aromatic N) is 1. The predicted molar refractivity (Wildman–Crippen MR) is 81.3 cm³/mol. The number of rotatable bonds is 6. The van der Waals surface area contributed by atoms with Crippen molar-refractivity contribution in [3.8, 4) is 0 Å². The van der Waals surface area contributed by atoms with Gasteiger partial charge in [0.25, 0.3) is 0 Å². The molecule has 1 aromatic rings. The van der Waals surface area contributed by atoms with Crippen LogP contribution in [0.2, 0.25) is 0 Å². The second kappa shape index (κ2) is 7.41. The normalized spacial score (nSPS) is 18.9. The van der Waals surface area contributed by atoms with E-state index < -0.39 is 0 Å². The Labute approximate surface area is 121 Å². The highest BCUT2D eigenvalue weighted by Gasteiger charge is 2.22. The predicted octanol–water partition coefficient (Wildman–Crippen LogP) is 1.68. The third-order valence-corrected chi connectivity index (χ3v) is 4.01. The van der Waals surface area contributed by atoms with Gasteiger partial charge in [-0.05, 0) is 24.8 Å². The Morgan fingerprint density at radius 3 is 2.55 bits per heavy atom. The second-order valence-electron chi connectivity index (χ2n) is 5.55. The zero-order valence-electron chi connectivity index (χ0n) is 12.2. The summed E-state index contributed by atoms with van der Waals surface area (Å²) in [6, 6.07) is 11.6. The first kappa shape index (κ1) is 15.0. The minimum absolute atomic E-state index is 0.230. The number of nitrogens with two attached hydrogens (primary N) is 1. The number of hydrogen-bond donors (Lipinski definition) is 2. The lowest BCUT2D eigenvalue weighted by molar-refractivity contribution is -0.119. The molecule has 1 aliphatic rings. The molecule has 0 aromatic heterocycles. The Hall–Kier alpha value is -1.39.